The van der Waals surface area contributed by atoms with Gasteiger partial charge in [0.1, 0.15) is 0 Å². The molecule has 20 heavy (non-hydrogen) atoms. The number of rotatable bonds is 4. The van der Waals surface area contributed by atoms with Crippen LogP contribution in [0.5, 0.6) is 0 Å². The Kier molecular flexibility index (Phi) is 4.53. The lowest BCUT2D eigenvalue weighted by Crippen LogP contribution is -2.23. The Morgan fingerprint density at radius 3 is 2.05 bits per heavy atom. The quantitative estimate of drug-likeness (QED) is 0.927. The topological polar surface area (TPSA) is 69.2 Å². The molecule has 2 aromatic rings. The van der Waals surface area contributed by atoms with E-state index in [4.69, 9.17) is 0 Å². The molecule has 0 spiro atoms. The van der Waals surface area contributed by atoms with E-state index in [0.29, 0.717) is 12.1 Å². The highest BCUT2D eigenvalue weighted by Crippen LogP contribution is 2.10. The molecule has 5 heteroatoms. The summed E-state index contributed by atoms with van der Waals surface area (Å²) in [5.74, 6) is -1.39. The minimum atomic E-state index is -1.21. The van der Waals surface area contributed by atoms with E-state index in [9.17, 15) is 14.7 Å². The molecule has 2 rings (SSSR count). The molecule has 4 nitrogen and oxygen atoms in total. The van der Waals surface area contributed by atoms with Crippen molar-refractivity contribution < 1.29 is 14.7 Å². The van der Waals surface area contributed by atoms with Crippen LogP contribution in [0.2, 0.25) is 0 Å². The van der Waals surface area contributed by atoms with E-state index in [2.05, 4.69) is 21.2 Å². The van der Waals surface area contributed by atoms with Crippen LogP contribution in [0.4, 0.5) is 0 Å². The molecule has 2 aromatic carbocycles. The predicted molar refractivity (Wildman–Crippen MR) is 76.1 cm³/mol. The lowest BCUT2D eigenvalue weighted by molar-refractivity contribution is -0.255. The van der Waals surface area contributed by atoms with Crippen LogP contribution in [0.3, 0.4) is 0 Å². The maximum atomic E-state index is 11.9. The zero-order valence-electron chi connectivity index (χ0n) is 10.4. The molecule has 1 N–H and O–H groups in total. The molecule has 0 aliphatic heterocycles. The Morgan fingerprint density at radius 2 is 1.50 bits per heavy atom. The minimum Gasteiger partial charge on any atom is -0.545 e. The summed E-state index contributed by atoms with van der Waals surface area (Å²) in [7, 11) is 0. The number of halogens is 1. The fourth-order valence-electron chi connectivity index (χ4n) is 1.64. The van der Waals surface area contributed by atoms with Gasteiger partial charge in [0.25, 0.3) is 5.91 Å². The van der Waals surface area contributed by atoms with Gasteiger partial charge in [0.15, 0.2) is 0 Å². The molecule has 0 bridgehead atoms. The first kappa shape index (κ1) is 14.3. The predicted octanol–water partition coefficient (Wildman–Crippen LogP) is 1.74. The molecule has 0 aromatic heterocycles. The lowest BCUT2D eigenvalue weighted by Gasteiger charge is -2.07. The summed E-state index contributed by atoms with van der Waals surface area (Å²) >= 11 is 3.30. The fourth-order valence-corrected chi connectivity index (χ4v) is 1.91. The van der Waals surface area contributed by atoms with Crippen molar-refractivity contribution in [2.75, 3.05) is 0 Å². The van der Waals surface area contributed by atoms with Gasteiger partial charge in [-0.2, -0.15) is 0 Å². The third-order valence-corrected chi connectivity index (χ3v) is 3.28. The number of carboxylic acid groups (broad SMARTS) is 1. The Hall–Kier alpha value is -2.14. The second-order valence-corrected chi connectivity index (χ2v) is 5.09. The Morgan fingerprint density at radius 1 is 0.950 bits per heavy atom. The number of carbonyl (C=O) groups excluding carboxylic acids is 2. The largest absolute Gasteiger partial charge is 0.545 e. The number of carbonyl (C=O) groups is 2. The van der Waals surface area contributed by atoms with Crippen LogP contribution in [-0.2, 0) is 6.54 Å². The lowest BCUT2D eigenvalue weighted by atomic mass is 10.1. The van der Waals surface area contributed by atoms with E-state index < -0.39 is 5.97 Å². The van der Waals surface area contributed by atoms with Gasteiger partial charge in [-0.05, 0) is 35.4 Å². The number of nitrogens with one attached hydrogen (secondary N) is 1. The van der Waals surface area contributed by atoms with E-state index in [1.54, 1.807) is 36.4 Å². The van der Waals surface area contributed by atoms with Gasteiger partial charge in [0.05, 0.1) is 5.97 Å². The van der Waals surface area contributed by atoms with Gasteiger partial charge in [0.2, 0.25) is 0 Å². The van der Waals surface area contributed by atoms with Crippen LogP contribution in [-0.4, -0.2) is 11.9 Å². The fraction of sp³-hybridized carbons (Fsp3) is 0.0667. The third-order valence-electron chi connectivity index (χ3n) is 2.75. The third kappa shape index (κ3) is 3.68. The van der Waals surface area contributed by atoms with Gasteiger partial charge in [-0.25, -0.2) is 0 Å². The van der Waals surface area contributed by atoms with Crippen LogP contribution >= 0.6 is 15.9 Å². The van der Waals surface area contributed by atoms with Crippen molar-refractivity contribution in [2.45, 2.75) is 6.54 Å². The molecule has 0 unspecified atom stereocenters. The smallest absolute Gasteiger partial charge is 0.251 e. The number of benzene rings is 2. The highest BCUT2D eigenvalue weighted by atomic mass is 79.9. The molecule has 0 heterocycles. The van der Waals surface area contributed by atoms with Gasteiger partial charge in [0, 0.05) is 16.6 Å². The van der Waals surface area contributed by atoms with Crippen molar-refractivity contribution in [3.63, 3.8) is 0 Å². The number of aromatic carboxylic acids is 1. The zero-order chi connectivity index (χ0) is 14.5. The molecule has 0 aliphatic carbocycles. The van der Waals surface area contributed by atoms with E-state index in [-0.39, 0.29) is 11.5 Å². The molecular formula is C15H11BrNO3-. The molecule has 102 valence electrons. The average molecular weight is 333 g/mol. The van der Waals surface area contributed by atoms with Crippen LogP contribution in [0.15, 0.2) is 53.0 Å². The first-order valence-corrected chi connectivity index (χ1v) is 6.69. The second-order valence-electron chi connectivity index (χ2n) is 4.17. The first-order chi connectivity index (χ1) is 9.56. The highest BCUT2D eigenvalue weighted by molar-refractivity contribution is 9.10. The Labute approximate surface area is 124 Å². The summed E-state index contributed by atoms with van der Waals surface area (Å²) in [6, 6.07) is 13.2. The molecule has 0 aliphatic rings. The number of hydrogen-bond donors (Lipinski definition) is 1. The van der Waals surface area contributed by atoms with Crippen molar-refractivity contribution in [2.24, 2.45) is 0 Å². The van der Waals surface area contributed by atoms with Gasteiger partial charge >= 0.3 is 0 Å². The maximum Gasteiger partial charge on any atom is 0.251 e. The summed E-state index contributed by atoms with van der Waals surface area (Å²) in [5, 5.41) is 13.4. The Balaban J connectivity index is 1.96. The van der Waals surface area contributed by atoms with E-state index in [1.807, 2.05) is 0 Å². The summed E-state index contributed by atoms with van der Waals surface area (Å²) < 4.78 is 0.909. The monoisotopic (exact) mass is 332 g/mol. The molecule has 0 saturated carbocycles. The van der Waals surface area contributed by atoms with Crippen molar-refractivity contribution >= 4 is 27.8 Å². The molecule has 0 radical (unpaired) electrons. The summed E-state index contributed by atoms with van der Waals surface area (Å²) in [6.45, 7) is 0.336. The normalized spacial score (nSPS) is 10.1. The molecule has 0 fully saturated rings. The van der Waals surface area contributed by atoms with Crippen LogP contribution < -0.4 is 10.4 Å². The average Bonchev–Trinajstić information content (AvgIpc) is 2.46. The van der Waals surface area contributed by atoms with Gasteiger partial charge in [-0.3, -0.25) is 4.79 Å². The second kappa shape index (κ2) is 6.34. The van der Waals surface area contributed by atoms with Gasteiger partial charge in [-0.1, -0.05) is 40.2 Å². The van der Waals surface area contributed by atoms with Crippen molar-refractivity contribution in [1.82, 2.24) is 5.32 Å². The number of amides is 1. The molecule has 1 amide bonds. The van der Waals surface area contributed by atoms with E-state index >= 15 is 0 Å². The first-order valence-electron chi connectivity index (χ1n) is 5.90. The van der Waals surface area contributed by atoms with Crippen molar-refractivity contribution in [1.29, 1.82) is 0 Å². The van der Waals surface area contributed by atoms with E-state index in [1.165, 1.54) is 12.1 Å². The molecular weight excluding hydrogens is 322 g/mol. The molecule has 0 atom stereocenters. The van der Waals surface area contributed by atoms with E-state index in [0.717, 1.165) is 10.0 Å². The van der Waals surface area contributed by atoms with Crippen molar-refractivity contribution in [3.8, 4) is 0 Å². The zero-order valence-corrected chi connectivity index (χ0v) is 12.0. The molecule has 0 saturated heterocycles. The van der Waals surface area contributed by atoms with Crippen LogP contribution in [0.25, 0.3) is 0 Å². The summed E-state index contributed by atoms with van der Waals surface area (Å²) in [6.07, 6.45) is 0. The maximum absolute atomic E-state index is 11.9. The number of hydrogen-bond acceptors (Lipinski definition) is 3. The summed E-state index contributed by atoms with van der Waals surface area (Å²) in [5.41, 5.74) is 1.51. The van der Waals surface area contributed by atoms with Crippen LogP contribution in [0.1, 0.15) is 26.3 Å². The van der Waals surface area contributed by atoms with Gasteiger partial charge in [-0.15, -0.1) is 0 Å². The summed E-state index contributed by atoms with van der Waals surface area (Å²) in [4.78, 5) is 22.5. The Bertz CT molecular complexity index is 621. The SMILES string of the molecule is O=C([O-])c1ccc(CNC(=O)c2ccc(Br)cc2)cc1. The minimum absolute atomic E-state index is 0.119. The van der Waals surface area contributed by atoms with Crippen molar-refractivity contribution in [3.05, 3.63) is 69.7 Å². The van der Waals surface area contributed by atoms with Gasteiger partial charge < -0.3 is 15.2 Å². The standard InChI is InChI=1S/C15H12BrNO3/c16-13-7-5-11(6-8-13)14(18)17-9-10-1-3-12(4-2-10)15(19)20/h1-8H,9H2,(H,17,18)(H,19,20)/p-1. The van der Waals surface area contributed by atoms with Crippen LogP contribution in [0, 0.1) is 0 Å². The number of carboxylic acids is 1. The highest BCUT2D eigenvalue weighted by Gasteiger charge is 2.04.